The first kappa shape index (κ1) is 38.6. The molecule has 0 radical (unpaired) electrons. The minimum Gasteiger partial charge on any atom is -0.375 e. The van der Waals surface area contributed by atoms with E-state index in [-0.39, 0.29) is 40.4 Å². The van der Waals surface area contributed by atoms with E-state index in [1.807, 2.05) is 11.0 Å². The lowest BCUT2D eigenvalue weighted by Crippen LogP contribution is -2.58. The fourth-order valence-corrected chi connectivity index (χ4v) is 11.7. The summed E-state index contributed by atoms with van der Waals surface area (Å²) < 4.78 is 50.5. The first-order valence-corrected chi connectivity index (χ1v) is 22.3. The highest BCUT2D eigenvalue weighted by Gasteiger charge is 2.60. The zero-order valence-electron chi connectivity index (χ0n) is 36.1. The Bertz CT molecular complexity index is 3470. The average Bonchev–Trinajstić information content (AvgIpc) is 3.71. The molecule has 5 aliphatic rings. The third-order valence-electron chi connectivity index (χ3n) is 15.3. The number of carbonyl (C=O) groups is 1. The van der Waals surface area contributed by atoms with Gasteiger partial charge in [0.15, 0.2) is 11.6 Å². The summed E-state index contributed by atoms with van der Waals surface area (Å²) >= 11 is 0. The van der Waals surface area contributed by atoms with Gasteiger partial charge in [0, 0.05) is 55.0 Å². The molecule has 5 atom stereocenters. The summed E-state index contributed by atoms with van der Waals surface area (Å²) in [7, 11) is 1.72. The summed E-state index contributed by atoms with van der Waals surface area (Å²) in [6.45, 7) is 6.17. The maximum Gasteiger partial charge on any atom is 0.438 e. The predicted octanol–water partition coefficient (Wildman–Crippen LogP) is 6.95. The zero-order chi connectivity index (χ0) is 44.4. The van der Waals surface area contributed by atoms with Gasteiger partial charge in [-0.25, -0.2) is 23.1 Å². The van der Waals surface area contributed by atoms with Crippen molar-refractivity contribution < 1.29 is 22.8 Å². The third-order valence-corrected chi connectivity index (χ3v) is 15.3. The Morgan fingerprint density at radius 1 is 0.954 bits per heavy atom. The Kier molecular flexibility index (Phi) is 7.78. The van der Waals surface area contributed by atoms with Gasteiger partial charge < -0.3 is 14.2 Å². The van der Waals surface area contributed by atoms with Gasteiger partial charge in [-0.3, -0.25) is 28.1 Å². The maximum absolute atomic E-state index is 16.1. The molecule has 15 nitrogen and oxygen atoms in total. The number of fused-ring (bicyclic) bond motifs is 6. The van der Waals surface area contributed by atoms with Crippen LogP contribution in [0.25, 0.3) is 39.0 Å². The number of aryl methyl sites for hydroxylation is 3. The van der Waals surface area contributed by atoms with Crippen molar-refractivity contribution in [3.63, 3.8) is 0 Å². The van der Waals surface area contributed by atoms with Crippen LogP contribution >= 0.6 is 0 Å². The van der Waals surface area contributed by atoms with Crippen LogP contribution in [0.5, 0.6) is 0 Å². The van der Waals surface area contributed by atoms with E-state index in [1.54, 1.807) is 60.7 Å². The Hall–Kier alpha value is -6.88. The second kappa shape index (κ2) is 13.1. The molecule has 17 heteroatoms. The molecule has 65 heavy (non-hydrogen) atoms. The molecule has 3 aromatic carbocycles. The molecule has 2 bridgehead atoms. The summed E-state index contributed by atoms with van der Waals surface area (Å²) in [6, 6.07) is 14.4. The van der Waals surface area contributed by atoms with Gasteiger partial charge in [-0.15, -0.1) is 0 Å². The van der Waals surface area contributed by atoms with Gasteiger partial charge in [0.2, 0.25) is 0 Å². The van der Waals surface area contributed by atoms with E-state index in [0.29, 0.717) is 70.4 Å². The number of nitrogens with zero attached hydrogens (tertiary/aromatic N) is 9. The molecule has 7 heterocycles. The highest BCUT2D eigenvalue weighted by atomic mass is 19.1. The number of ether oxygens (including phenoxy) is 1. The Morgan fingerprint density at radius 2 is 1.72 bits per heavy atom. The molecule has 5 aromatic heterocycles. The lowest BCUT2D eigenvalue weighted by atomic mass is 9.77. The summed E-state index contributed by atoms with van der Waals surface area (Å²) in [4.78, 5) is 47.4. The summed E-state index contributed by atoms with van der Waals surface area (Å²) in [5.41, 5.74) is 4.54. The van der Waals surface area contributed by atoms with Crippen molar-refractivity contribution in [3.05, 3.63) is 139 Å². The van der Waals surface area contributed by atoms with Crippen LogP contribution in [-0.4, -0.2) is 72.5 Å². The van der Waals surface area contributed by atoms with Crippen LogP contribution in [0.2, 0.25) is 0 Å². The first-order chi connectivity index (χ1) is 31.3. The molecule has 1 spiro atoms. The number of imidazole rings is 1. The first-order valence-electron chi connectivity index (χ1n) is 22.3. The van der Waals surface area contributed by atoms with E-state index in [1.165, 1.54) is 27.1 Å². The van der Waals surface area contributed by atoms with Crippen molar-refractivity contribution in [2.24, 2.45) is 13.0 Å². The van der Waals surface area contributed by atoms with Gasteiger partial charge in [-0.1, -0.05) is 18.1 Å². The molecule has 13 rings (SSSR count). The number of carbonyl (C=O) groups excluding carboxylic acids is 1. The molecule has 2 aliphatic heterocycles. The minimum atomic E-state index is -0.832. The monoisotopic (exact) mass is 878 g/mol. The molecule has 0 unspecified atom stereocenters. The molecular weight excluding hydrogens is 835 g/mol. The van der Waals surface area contributed by atoms with Crippen LogP contribution in [0.4, 0.5) is 8.78 Å². The van der Waals surface area contributed by atoms with Crippen LogP contribution in [0.15, 0.2) is 81.2 Å². The van der Waals surface area contributed by atoms with Crippen molar-refractivity contribution in [1.29, 1.82) is 0 Å². The van der Waals surface area contributed by atoms with Crippen LogP contribution in [0.3, 0.4) is 0 Å². The quantitative estimate of drug-likeness (QED) is 0.181. The molecule has 4 fully saturated rings. The third kappa shape index (κ3) is 5.35. The highest BCUT2D eigenvalue weighted by Crippen LogP contribution is 2.57. The lowest BCUT2D eigenvalue weighted by molar-refractivity contribution is -0.0132. The van der Waals surface area contributed by atoms with Crippen molar-refractivity contribution in [2.45, 2.75) is 94.9 Å². The highest BCUT2D eigenvalue weighted by molar-refractivity contribution is 6.00. The second-order valence-corrected chi connectivity index (χ2v) is 19.1. The molecule has 1 N–H and O–H groups in total. The Labute approximate surface area is 368 Å². The fraction of sp³-hybridized carbons (Fsp3) is 0.375. The SMILES string of the molecule is Cc1cc(-n2nc3c(c2-n2ccn(-c4ccc5c(cnn5C)c4F)c2=O)[C@H]2C[C@@H](C3)N2C(=O)c2cc3cc([C@@H]4CCOC5(CC5)C4)ccc3n2[C@]2(c3noc(=O)[nH]3)C[C@@H]2C)cc(C)c1F. The topological polar surface area (TPSA) is 156 Å². The second-order valence-electron chi connectivity index (χ2n) is 19.1. The number of hydrogen-bond acceptors (Lipinski definition) is 8. The van der Waals surface area contributed by atoms with Gasteiger partial charge in [-0.2, -0.15) is 10.2 Å². The van der Waals surface area contributed by atoms with Crippen molar-refractivity contribution in [2.75, 3.05) is 6.61 Å². The normalized spacial score (nSPS) is 23.9. The number of aromatic amines is 1. The van der Waals surface area contributed by atoms with Crippen molar-refractivity contribution in [3.8, 4) is 17.2 Å². The average molecular weight is 879 g/mol. The largest absolute Gasteiger partial charge is 0.438 e. The van der Waals surface area contributed by atoms with E-state index < -0.39 is 28.8 Å². The van der Waals surface area contributed by atoms with E-state index in [0.717, 1.165) is 48.9 Å². The van der Waals surface area contributed by atoms with Crippen LogP contribution in [-0.2, 0) is 23.7 Å². The number of halogens is 2. The van der Waals surface area contributed by atoms with E-state index >= 15 is 13.6 Å². The molecular formula is C48H44F2N10O5. The Morgan fingerprint density at radius 3 is 2.46 bits per heavy atom. The van der Waals surface area contributed by atoms with E-state index in [4.69, 9.17) is 14.4 Å². The number of aromatic nitrogens is 9. The summed E-state index contributed by atoms with van der Waals surface area (Å²) in [6.07, 6.45) is 10.3. The molecule has 330 valence electrons. The lowest BCUT2D eigenvalue weighted by Gasteiger charge is -2.52. The van der Waals surface area contributed by atoms with Gasteiger partial charge in [-0.05, 0) is 123 Å². The van der Waals surface area contributed by atoms with Gasteiger partial charge in [0.05, 0.1) is 45.8 Å². The van der Waals surface area contributed by atoms with Crippen LogP contribution < -0.4 is 11.4 Å². The number of likely N-dealkylation sites (tertiary alicyclic amines) is 1. The predicted molar refractivity (Wildman–Crippen MR) is 233 cm³/mol. The Balaban J connectivity index is 0.955. The standard InChI is InChI=1S/C48H44F2N10O5/c1-24-15-31(16-25(2)40(24)49)60-42(57-13-12-56(46(57)63)36-8-7-35-32(41(36)50)23-51-55(35)4)39-33(53-60)19-30-20-37(39)58(30)43(61)38-18-29-17-27(28-9-14-64-47(22-28)10-11-47)5-6-34(29)59(38)48(21-26(48)3)44-52-45(62)65-54-44/h5-8,12-13,15-18,23,26,28,30,37H,9-11,14,19-22H2,1-4H3,(H,52,54,62)/t26-,28+,30+,37+,48+/m0/s1. The van der Waals surface area contributed by atoms with Gasteiger partial charge in [0.25, 0.3) is 5.91 Å². The number of H-pyrrole nitrogens is 1. The van der Waals surface area contributed by atoms with Crippen LogP contribution in [0.1, 0.15) is 102 Å². The van der Waals surface area contributed by atoms with Gasteiger partial charge in [0.1, 0.15) is 22.9 Å². The smallest absolute Gasteiger partial charge is 0.375 e. The minimum absolute atomic E-state index is 0.00941. The maximum atomic E-state index is 16.1. The van der Waals surface area contributed by atoms with Crippen molar-refractivity contribution in [1.82, 2.24) is 48.3 Å². The van der Waals surface area contributed by atoms with E-state index in [9.17, 15) is 9.59 Å². The number of rotatable bonds is 7. The number of amides is 1. The number of benzene rings is 3. The molecule has 2 saturated heterocycles. The van der Waals surface area contributed by atoms with Crippen LogP contribution in [0, 0.1) is 31.4 Å². The number of hydrogen-bond donors (Lipinski definition) is 1. The molecule has 8 aromatic rings. The zero-order valence-corrected chi connectivity index (χ0v) is 36.1. The summed E-state index contributed by atoms with van der Waals surface area (Å²) in [5.74, 6) is -0.679. The fourth-order valence-electron chi connectivity index (χ4n) is 11.7. The number of nitrogens with one attached hydrogen (secondary N) is 1. The van der Waals surface area contributed by atoms with E-state index in [2.05, 4.69) is 44.9 Å². The summed E-state index contributed by atoms with van der Waals surface area (Å²) in [5, 5.41) is 14.7. The molecule has 3 aliphatic carbocycles. The molecule has 2 saturated carbocycles. The van der Waals surface area contributed by atoms with Crippen molar-refractivity contribution >= 4 is 27.7 Å². The van der Waals surface area contributed by atoms with Gasteiger partial charge >= 0.3 is 11.4 Å². The molecule has 1 amide bonds.